The number of para-hydroxylation sites is 1. The molecule has 0 unspecified atom stereocenters. The monoisotopic (exact) mass is 265 g/mol. The summed E-state index contributed by atoms with van der Waals surface area (Å²) in [7, 11) is -4.43. The van der Waals surface area contributed by atoms with Crippen molar-refractivity contribution >= 4 is 21.7 Å². The van der Waals surface area contributed by atoms with Gasteiger partial charge in [0.25, 0.3) is 0 Å². The van der Waals surface area contributed by atoms with Gasteiger partial charge in [-0.25, -0.2) is 4.31 Å². The second-order valence-electron chi connectivity index (χ2n) is 3.59. The average Bonchev–Trinajstić information content (AvgIpc) is 2.32. The molecule has 2 N–H and O–H groups in total. The van der Waals surface area contributed by atoms with Gasteiger partial charge in [-0.2, -0.15) is 8.42 Å². The number of hydrogen-bond donors (Lipinski definition) is 2. The van der Waals surface area contributed by atoms with Crippen molar-refractivity contribution in [3.05, 3.63) is 54.6 Å². The maximum atomic E-state index is 11.4. The van der Waals surface area contributed by atoms with Crippen molar-refractivity contribution in [3.63, 3.8) is 0 Å². The Morgan fingerprint density at radius 2 is 1.33 bits per heavy atom. The minimum absolute atomic E-state index is 0.0158. The molecule has 0 spiro atoms. The first kappa shape index (κ1) is 12.4. The minimum atomic E-state index is -4.43. The third-order valence-corrected chi connectivity index (χ3v) is 3.19. The first-order valence-corrected chi connectivity index (χ1v) is 6.50. The fourth-order valence-corrected chi connectivity index (χ4v) is 2.34. The molecule has 0 amide bonds. The van der Waals surface area contributed by atoms with E-state index in [1.807, 2.05) is 0 Å². The van der Waals surface area contributed by atoms with Crippen LogP contribution in [0.4, 0.5) is 11.4 Å². The highest BCUT2D eigenvalue weighted by Gasteiger charge is 2.21. The van der Waals surface area contributed by atoms with E-state index in [-0.39, 0.29) is 11.4 Å². The minimum Gasteiger partial charge on any atom is -0.508 e. The van der Waals surface area contributed by atoms with Gasteiger partial charge in [0.15, 0.2) is 0 Å². The van der Waals surface area contributed by atoms with Crippen LogP contribution in [0.15, 0.2) is 54.6 Å². The van der Waals surface area contributed by atoms with Crippen molar-refractivity contribution < 1.29 is 18.1 Å². The van der Waals surface area contributed by atoms with Crippen LogP contribution in [0.3, 0.4) is 0 Å². The number of phenolic OH excluding ortho intramolecular Hbond substituents is 1. The summed E-state index contributed by atoms with van der Waals surface area (Å²) in [4.78, 5) is 0. The molecule has 0 fully saturated rings. The van der Waals surface area contributed by atoms with Crippen LogP contribution in [0.25, 0.3) is 0 Å². The summed E-state index contributed by atoms with van der Waals surface area (Å²) in [5.41, 5.74) is 0.548. The lowest BCUT2D eigenvalue weighted by Gasteiger charge is -2.20. The molecule has 0 heterocycles. The van der Waals surface area contributed by atoms with Crippen LogP contribution in [-0.4, -0.2) is 18.1 Å². The van der Waals surface area contributed by atoms with Crippen LogP contribution >= 0.6 is 0 Å². The van der Waals surface area contributed by atoms with Crippen LogP contribution in [-0.2, 0) is 10.3 Å². The molecule has 0 saturated carbocycles. The molecule has 2 aromatic rings. The number of aromatic hydroxyl groups is 1. The van der Waals surface area contributed by atoms with Crippen LogP contribution in [0.1, 0.15) is 0 Å². The summed E-state index contributed by atoms with van der Waals surface area (Å²) in [5, 5.41) is 9.18. The molecule has 0 radical (unpaired) electrons. The molecule has 5 nitrogen and oxygen atoms in total. The molecule has 0 aliphatic heterocycles. The van der Waals surface area contributed by atoms with Crippen LogP contribution in [0, 0.1) is 0 Å². The van der Waals surface area contributed by atoms with Crippen molar-refractivity contribution in [2.45, 2.75) is 0 Å². The quantitative estimate of drug-likeness (QED) is 0.835. The van der Waals surface area contributed by atoms with E-state index in [9.17, 15) is 18.1 Å². The first-order valence-electron chi connectivity index (χ1n) is 5.10. The Bertz CT molecular complexity index is 623. The summed E-state index contributed by atoms with van der Waals surface area (Å²) >= 11 is 0. The number of nitrogens with zero attached hydrogens (tertiary/aromatic N) is 1. The molecule has 0 bridgehead atoms. The van der Waals surface area contributed by atoms with Gasteiger partial charge < -0.3 is 5.11 Å². The molecule has 0 saturated heterocycles. The topological polar surface area (TPSA) is 77.8 Å². The predicted octanol–water partition coefficient (Wildman–Crippen LogP) is 2.33. The Kier molecular flexibility index (Phi) is 3.22. The molecule has 94 valence electrons. The lowest BCUT2D eigenvalue weighted by Crippen LogP contribution is -2.24. The van der Waals surface area contributed by atoms with Gasteiger partial charge in [0.2, 0.25) is 0 Å². The zero-order chi connectivity index (χ0) is 13.2. The Morgan fingerprint density at radius 3 is 1.83 bits per heavy atom. The highest BCUT2D eigenvalue weighted by atomic mass is 32.2. The van der Waals surface area contributed by atoms with E-state index in [2.05, 4.69) is 0 Å². The van der Waals surface area contributed by atoms with E-state index in [0.29, 0.717) is 5.69 Å². The number of anilines is 2. The molecule has 0 aliphatic carbocycles. The predicted molar refractivity (Wildman–Crippen MR) is 68.2 cm³/mol. The number of hydrogen-bond acceptors (Lipinski definition) is 3. The Morgan fingerprint density at radius 1 is 0.833 bits per heavy atom. The summed E-state index contributed by atoms with van der Waals surface area (Å²) in [5.74, 6) is 0.0158. The van der Waals surface area contributed by atoms with Gasteiger partial charge >= 0.3 is 10.3 Å². The largest absolute Gasteiger partial charge is 0.508 e. The fourth-order valence-electron chi connectivity index (χ4n) is 1.57. The molecule has 0 atom stereocenters. The maximum absolute atomic E-state index is 11.4. The molecule has 0 aromatic heterocycles. The molecule has 18 heavy (non-hydrogen) atoms. The number of benzene rings is 2. The van der Waals surface area contributed by atoms with Gasteiger partial charge in [0.05, 0.1) is 11.4 Å². The summed E-state index contributed by atoms with van der Waals surface area (Å²) in [6.07, 6.45) is 0. The normalized spacial score (nSPS) is 11.2. The summed E-state index contributed by atoms with van der Waals surface area (Å²) < 4.78 is 32.9. The average molecular weight is 265 g/mol. The van der Waals surface area contributed by atoms with Gasteiger partial charge in [0.1, 0.15) is 5.75 Å². The van der Waals surface area contributed by atoms with Crippen LogP contribution in [0.5, 0.6) is 5.75 Å². The third-order valence-electron chi connectivity index (χ3n) is 2.31. The second-order valence-corrected chi connectivity index (χ2v) is 4.85. The zero-order valence-electron chi connectivity index (χ0n) is 9.26. The lowest BCUT2D eigenvalue weighted by molar-refractivity contribution is 0.474. The smallest absolute Gasteiger partial charge is 0.364 e. The van der Waals surface area contributed by atoms with E-state index < -0.39 is 10.3 Å². The van der Waals surface area contributed by atoms with Crippen LogP contribution < -0.4 is 4.31 Å². The summed E-state index contributed by atoms with van der Waals surface area (Å²) in [6.45, 7) is 0. The Balaban J connectivity index is 2.55. The molecular formula is C12H11NO4S. The third kappa shape index (κ3) is 2.61. The van der Waals surface area contributed by atoms with E-state index in [1.165, 1.54) is 24.3 Å². The lowest BCUT2D eigenvalue weighted by atomic mass is 10.2. The standard InChI is InChI=1S/C12H11NO4S/c14-12-8-6-11(7-9-12)13(18(15,16)17)10-4-2-1-3-5-10/h1-9,14H,(H,15,16,17). The Hall–Kier alpha value is -2.05. The van der Waals surface area contributed by atoms with Crippen LogP contribution in [0.2, 0.25) is 0 Å². The van der Waals surface area contributed by atoms with E-state index >= 15 is 0 Å². The number of phenols is 1. The highest BCUT2D eigenvalue weighted by Crippen LogP contribution is 2.28. The van der Waals surface area contributed by atoms with Crippen molar-refractivity contribution in [2.75, 3.05) is 4.31 Å². The van der Waals surface area contributed by atoms with Crippen molar-refractivity contribution in [3.8, 4) is 5.75 Å². The van der Waals surface area contributed by atoms with E-state index in [4.69, 9.17) is 0 Å². The van der Waals surface area contributed by atoms with E-state index in [0.717, 1.165) is 4.31 Å². The maximum Gasteiger partial charge on any atom is 0.364 e. The number of rotatable bonds is 3. The van der Waals surface area contributed by atoms with Crippen molar-refractivity contribution in [1.82, 2.24) is 0 Å². The van der Waals surface area contributed by atoms with Crippen molar-refractivity contribution in [1.29, 1.82) is 0 Å². The molecule has 2 aromatic carbocycles. The van der Waals surface area contributed by atoms with Gasteiger partial charge in [-0.05, 0) is 36.4 Å². The molecule has 2 rings (SSSR count). The van der Waals surface area contributed by atoms with Gasteiger partial charge in [-0.1, -0.05) is 18.2 Å². The second kappa shape index (κ2) is 4.67. The van der Waals surface area contributed by atoms with Crippen molar-refractivity contribution in [2.24, 2.45) is 0 Å². The van der Waals surface area contributed by atoms with E-state index in [1.54, 1.807) is 30.3 Å². The van der Waals surface area contributed by atoms with Gasteiger partial charge in [-0.15, -0.1) is 0 Å². The molecule has 6 heteroatoms. The Labute approximate surface area is 105 Å². The fraction of sp³-hybridized carbons (Fsp3) is 0. The first-order chi connectivity index (χ1) is 8.48. The summed E-state index contributed by atoms with van der Waals surface area (Å²) in [6, 6.07) is 13.7. The van der Waals surface area contributed by atoms with Gasteiger partial charge in [-0.3, -0.25) is 4.55 Å². The van der Waals surface area contributed by atoms with Gasteiger partial charge in [0, 0.05) is 0 Å². The highest BCUT2D eigenvalue weighted by molar-refractivity contribution is 7.87. The SMILES string of the molecule is O=S(=O)(O)N(c1ccccc1)c1ccc(O)cc1. The molecular weight excluding hydrogens is 254 g/mol. The zero-order valence-corrected chi connectivity index (χ0v) is 10.1. The molecule has 0 aliphatic rings.